The second-order valence-corrected chi connectivity index (χ2v) is 8.69. The van der Waals surface area contributed by atoms with E-state index in [9.17, 15) is 13.2 Å². The summed E-state index contributed by atoms with van der Waals surface area (Å²) in [6.07, 6.45) is 0.992. The van der Waals surface area contributed by atoms with Gasteiger partial charge < -0.3 is 14.8 Å². The molecule has 7 nitrogen and oxygen atoms in total. The maximum Gasteiger partial charge on any atom is 0.238 e. The van der Waals surface area contributed by atoms with Crippen LogP contribution in [0.1, 0.15) is 6.92 Å². The van der Waals surface area contributed by atoms with Crippen molar-refractivity contribution >= 4 is 21.4 Å². The number of likely N-dealkylation sites (N-methyl/N-ethyl adjacent to an activating group) is 1. The number of amides is 1. The molecule has 0 saturated carbocycles. The van der Waals surface area contributed by atoms with E-state index in [0.29, 0.717) is 31.1 Å². The molecule has 1 amide bonds. The minimum absolute atomic E-state index is 0.156. The van der Waals surface area contributed by atoms with E-state index in [4.69, 9.17) is 9.47 Å². The van der Waals surface area contributed by atoms with Gasteiger partial charge >= 0.3 is 0 Å². The van der Waals surface area contributed by atoms with Gasteiger partial charge in [-0.25, -0.2) is 8.42 Å². The number of hydrogen-bond donors (Lipinski definition) is 1. The van der Waals surface area contributed by atoms with Crippen LogP contribution >= 0.6 is 0 Å². The zero-order valence-corrected chi connectivity index (χ0v) is 16.7. The molecule has 1 atom stereocenters. The van der Waals surface area contributed by atoms with E-state index in [0.717, 1.165) is 12.0 Å². The second-order valence-electron chi connectivity index (χ2n) is 6.67. The van der Waals surface area contributed by atoms with Crippen molar-refractivity contribution in [3.63, 3.8) is 0 Å². The van der Waals surface area contributed by atoms with Crippen molar-refractivity contribution in [2.75, 3.05) is 37.8 Å². The highest BCUT2D eigenvalue weighted by Crippen LogP contribution is 2.31. The fourth-order valence-corrected chi connectivity index (χ4v) is 3.57. The molecule has 0 fully saturated rings. The average molecular weight is 404 g/mol. The van der Waals surface area contributed by atoms with Gasteiger partial charge in [0.2, 0.25) is 5.91 Å². The minimum atomic E-state index is -3.26. The third-order valence-electron chi connectivity index (χ3n) is 4.41. The zero-order valence-electron chi connectivity index (χ0n) is 15.9. The number of fused-ring (bicyclic) bond motifs is 1. The molecule has 2 aromatic carbocycles. The van der Waals surface area contributed by atoms with Gasteiger partial charge in [-0.15, -0.1) is 0 Å². The molecule has 150 valence electrons. The quantitative estimate of drug-likeness (QED) is 0.762. The number of para-hydroxylation sites is 2. The maximum absolute atomic E-state index is 12.4. The lowest BCUT2D eigenvalue weighted by molar-refractivity contribution is -0.117. The van der Waals surface area contributed by atoms with Gasteiger partial charge in [-0.05, 0) is 42.9 Å². The summed E-state index contributed by atoms with van der Waals surface area (Å²) >= 11 is 0. The van der Waals surface area contributed by atoms with E-state index in [1.807, 2.05) is 36.1 Å². The number of hydrogen-bond acceptors (Lipinski definition) is 6. The average Bonchev–Trinajstić information content (AvgIpc) is 2.67. The van der Waals surface area contributed by atoms with Gasteiger partial charge in [0.1, 0.15) is 12.7 Å². The topological polar surface area (TPSA) is 84.9 Å². The number of nitrogens with zero attached hydrogens (tertiary/aromatic N) is 1. The predicted octanol–water partition coefficient (Wildman–Crippen LogP) is 2.19. The van der Waals surface area contributed by atoms with Crippen molar-refractivity contribution in [3.8, 4) is 11.5 Å². The van der Waals surface area contributed by atoms with E-state index in [2.05, 4.69) is 5.32 Å². The summed E-state index contributed by atoms with van der Waals surface area (Å²) in [4.78, 5) is 14.6. The molecule has 0 spiro atoms. The molecule has 0 saturated heterocycles. The van der Waals surface area contributed by atoms with Crippen LogP contribution in [0.5, 0.6) is 11.5 Å². The van der Waals surface area contributed by atoms with Gasteiger partial charge in [0, 0.05) is 18.5 Å². The summed E-state index contributed by atoms with van der Waals surface area (Å²) in [6.45, 7) is 3.85. The summed E-state index contributed by atoms with van der Waals surface area (Å²) < 4.78 is 34.7. The molecular weight excluding hydrogens is 380 g/mol. The maximum atomic E-state index is 12.4. The molecule has 28 heavy (non-hydrogen) atoms. The first kappa shape index (κ1) is 20.2. The van der Waals surface area contributed by atoms with E-state index < -0.39 is 9.84 Å². The smallest absolute Gasteiger partial charge is 0.238 e. The van der Waals surface area contributed by atoms with Crippen molar-refractivity contribution in [2.45, 2.75) is 17.9 Å². The zero-order chi connectivity index (χ0) is 20.1. The molecule has 2 aromatic rings. The van der Waals surface area contributed by atoms with E-state index in [1.54, 1.807) is 12.1 Å². The molecular formula is C20H24N2O5S. The minimum Gasteiger partial charge on any atom is -0.486 e. The highest BCUT2D eigenvalue weighted by atomic mass is 32.2. The molecule has 1 aliphatic rings. The largest absolute Gasteiger partial charge is 0.486 e. The lowest BCUT2D eigenvalue weighted by Gasteiger charge is -2.30. The third-order valence-corrected chi connectivity index (χ3v) is 5.54. The third kappa shape index (κ3) is 5.24. The number of rotatable bonds is 7. The van der Waals surface area contributed by atoms with Crippen LogP contribution in [0.3, 0.4) is 0 Å². The second kappa shape index (κ2) is 8.62. The molecule has 0 aromatic heterocycles. The standard InChI is InChI=1S/C20H24N2O5S/c1-3-22(12-16-14-26-18-6-4-5-7-19(18)27-16)13-20(23)21-15-8-10-17(11-9-15)28(2,24)25/h4-11,16H,3,12-14H2,1-2H3,(H,21,23). The Morgan fingerprint density at radius 1 is 1.14 bits per heavy atom. The molecule has 0 radical (unpaired) electrons. The molecule has 0 aliphatic carbocycles. The van der Waals surface area contributed by atoms with Crippen molar-refractivity contribution in [3.05, 3.63) is 48.5 Å². The van der Waals surface area contributed by atoms with Gasteiger partial charge in [0.05, 0.1) is 11.4 Å². The number of carbonyl (C=O) groups excluding carboxylic acids is 1. The first-order valence-corrected chi connectivity index (χ1v) is 10.9. The summed E-state index contributed by atoms with van der Waals surface area (Å²) in [7, 11) is -3.26. The van der Waals surface area contributed by atoms with Gasteiger partial charge in [-0.1, -0.05) is 19.1 Å². The van der Waals surface area contributed by atoms with Gasteiger partial charge in [0.25, 0.3) is 0 Å². The summed E-state index contributed by atoms with van der Waals surface area (Å²) in [6, 6.07) is 13.6. The molecule has 1 N–H and O–H groups in total. The van der Waals surface area contributed by atoms with Crippen LogP contribution in [0, 0.1) is 0 Å². The molecule has 1 aliphatic heterocycles. The summed E-state index contributed by atoms with van der Waals surface area (Å²) in [5.41, 5.74) is 0.555. The fourth-order valence-electron chi connectivity index (χ4n) is 2.94. The Hall–Kier alpha value is -2.58. The van der Waals surface area contributed by atoms with Crippen molar-refractivity contribution < 1.29 is 22.7 Å². The first-order valence-electron chi connectivity index (χ1n) is 9.06. The van der Waals surface area contributed by atoms with Crippen molar-refractivity contribution in [1.29, 1.82) is 0 Å². The Morgan fingerprint density at radius 2 is 1.82 bits per heavy atom. The van der Waals surface area contributed by atoms with Crippen LogP contribution < -0.4 is 14.8 Å². The highest BCUT2D eigenvalue weighted by molar-refractivity contribution is 7.90. The van der Waals surface area contributed by atoms with E-state index in [1.165, 1.54) is 12.1 Å². The number of sulfone groups is 1. The van der Waals surface area contributed by atoms with E-state index in [-0.39, 0.29) is 23.5 Å². The SMILES string of the molecule is CCN(CC(=O)Nc1ccc(S(C)(=O)=O)cc1)CC1COc2ccccc2O1. The Kier molecular flexibility index (Phi) is 6.21. The van der Waals surface area contributed by atoms with Gasteiger partial charge in [0.15, 0.2) is 21.3 Å². The first-order chi connectivity index (χ1) is 13.3. The Morgan fingerprint density at radius 3 is 2.46 bits per heavy atom. The summed E-state index contributed by atoms with van der Waals surface area (Å²) in [5.74, 6) is 1.27. The van der Waals surface area contributed by atoms with Gasteiger partial charge in [-0.3, -0.25) is 9.69 Å². The Labute approximate surface area is 165 Å². The molecule has 3 rings (SSSR count). The van der Waals surface area contributed by atoms with Crippen LogP contribution in [-0.2, 0) is 14.6 Å². The molecule has 1 heterocycles. The Balaban J connectivity index is 1.54. The monoisotopic (exact) mass is 404 g/mol. The van der Waals surface area contributed by atoms with Crippen LogP contribution in [0.4, 0.5) is 5.69 Å². The Bertz CT molecular complexity index is 928. The lowest BCUT2D eigenvalue weighted by atomic mass is 10.2. The molecule has 8 heteroatoms. The number of carbonyl (C=O) groups is 1. The lowest BCUT2D eigenvalue weighted by Crippen LogP contribution is -2.43. The molecule has 0 bridgehead atoms. The molecule has 1 unspecified atom stereocenters. The number of benzene rings is 2. The van der Waals surface area contributed by atoms with Crippen molar-refractivity contribution in [1.82, 2.24) is 4.90 Å². The number of anilines is 1. The summed E-state index contributed by atoms with van der Waals surface area (Å²) in [5, 5.41) is 2.79. The van der Waals surface area contributed by atoms with E-state index >= 15 is 0 Å². The number of ether oxygens (including phenoxy) is 2. The normalized spacial score (nSPS) is 16.0. The van der Waals surface area contributed by atoms with Crippen LogP contribution in [0.15, 0.2) is 53.4 Å². The number of nitrogens with one attached hydrogen (secondary N) is 1. The van der Waals surface area contributed by atoms with Gasteiger partial charge in [-0.2, -0.15) is 0 Å². The van der Waals surface area contributed by atoms with Crippen LogP contribution in [0.2, 0.25) is 0 Å². The fraction of sp³-hybridized carbons (Fsp3) is 0.350. The highest BCUT2D eigenvalue weighted by Gasteiger charge is 2.23. The van der Waals surface area contributed by atoms with Crippen molar-refractivity contribution in [2.24, 2.45) is 0 Å². The predicted molar refractivity (Wildman–Crippen MR) is 107 cm³/mol. The van der Waals surface area contributed by atoms with Crippen LogP contribution in [0.25, 0.3) is 0 Å². The van der Waals surface area contributed by atoms with Crippen LogP contribution in [-0.4, -0.2) is 57.8 Å².